The molecule has 0 radical (unpaired) electrons. The van der Waals surface area contributed by atoms with E-state index in [1.165, 1.54) is 4.90 Å². The van der Waals surface area contributed by atoms with Crippen LogP contribution in [0.5, 0.6) is 5.75 Å². The van der Waals surface area contributed by atoms with Gasteiger partial charge in [-0.3, -0.25) is 9.69 Å². The summed E-state index contributed by atoms with van der Waals surface area (Å²) in [5.74, 6) is 0.554. The standard InChI is InChI=1S/C19H28N2O5/c1-19(2,3)26-18(23)21-9-10-25-13-16(21)17(22)20(4)12-14-7-6-8-15(11-14)24-5/h6-8,11,16H,9-10,12-13H2,1-5H3/t16-/m1/s1. The third kappa shape index (κ3) is 5.36. The topological polar surface area (TPSA) is 68.3 Å². The van der Waals surface area contributed by atoms with E-state index in [4.69, 9.17) is 14.2 Å². The molecule has 144 valence electrons. The molecule has 0 unspecified atom stereocenters. The van der Waals surface area contributed by atoms with Gasteiger partial charge in [0.25, 0.3) is 0 Å². The van der Waals surface area contributed by atoms with Crippen LogP contribution in [0.2, 0.25) is 0 Å². The number of methoxy groups -OCH3 is 1. The SMILES string of the molecule is COc1cccc(CN(C)C(=O)[C@H]2COCCN2C(=O)OC(C)(C)C)c1. The lowest BCUT2D eigenvalue weighted by Gasteiger charge is -2.37. The zero-order chi connectivity index (χ0) is 19.3. The maximum absolute atomic E-state index is 12.9. The Morgan fingerprint density at radius 3 is 2.73 bits per heavy atom. The Morgan fingerprint density at radius 1 is 1.35 bits per heavy atom. The molecule has 2 amide bonds. The lowest BCUT2D eigenvalue weighted by molar-refractivity contribution is -0.142. The van der Waals surface area contributed by atoms with Crippen LogP contribution in [0, 0.1) is 0 Å². The second kappa shape index (κ2) is 8.40. The zero-order valence-electron chi connectivity index (χ0n) is 16.2. The van der Waals surface area contributed by atoms with Gasteiger partial charge in [-0.15, -0.1) is 0 Å². The summed E-state index contributed by atoms with van der Waals surface area (Å²) in [6, 6.07) is 6.85. The summed E-state index contributed by atoms with van der Waals surface area (Å²) < 4.78 is 16.1. The van der Waals surface area contributed by atoms with Crippen LogP contribution in [0.1, 0.15) is 26.3 Å². The minimum atomic E-state index is -0.686. The predicted molar refractivity (Wildman–Crippen MR) is 97.0 cm³/mol. The van der Waals surface area contributed by atoms with Crippen LogP contribution in [-0.4, -0.2) is 67.4 Å². The van der Waals surface area contributed by atoms with Crippen molar-refractivity contribution in [1.82, 2.24) is 9.80 Å². The van der Waals surface area contributed by atoms with Crippen molar-refractivity contribution < 1.29 is 23.8 Å². The summed E-state index contributed by atoms with van der Waals surface area (Å²) in [6.07, 6.45) is -0.492. The van der Waals surface area contributed by atoms with Gasteiger partial charge in [0.2, 0.25) is 5.91 Å². The zero-order valence-corrected chi connectivity index (χ0v) is 16.2. The summed E-state index contributed by atoms with van der Waals surface area (Å²) in [5, 5.41) is 0. The fourth-order valence-electron chi connectivity index (χ4n) is 2.72. The molecule has 0 bridgehead atoms. The molecule has 7 heteroatoms. The minimum Gasteiger partial charge on any atom is -0.497 e. The van der Waals surface area contributed by atoms with Gasteiger partial charge in [0.1, 0.15) is 17.4 Å². The highest BCUT2D eigenvalue weighted by atomic mass is 16.6. The second-order valence-electron chi connectivity index (χ2n) is 7.31. The van der Waals surface area contributed by atoms with E-state index in [-0.39, 0.29) is 12.5 Å². The Morgan fingerprint density at radius 2 is 2.08 bits per heavy atom. The molecule has 0 spiro atoms. The summed E-state index contributed by atoms with van der Waals surface area (Å²) in [6.45, 7) is 6.71. The van der Waals surface area contributed by atoms with Gasteiger partial charge in [0.05, 0.1) is 20.3 Å². The number of amides is 2. The highest BCUT2D eigenvalue weighted by Gasteiger charge is 2.36. The van der Waals surface area contributed by atoms with Crippen LogP contribution >= 0.6 is 0 Å². The molecule has 1 fully saturated rings. The summed E-state index contributed by atoms with van der Waals surface area (Å²) in [7, 11) is 3.32. The number of likely N-dealkylation sites (N-methyl/N-ethyl adjacent to an activating group) is 1. The van der Waals surface area contributed by atoms with E-state index in [9.17, 15) is 9.59 Å². The Bertz CT molecular complexity index is 641. The first-order chi connectivity index (χ1) is 12.2. The molecular weight excluding hydrogens is 336 g/mol. The number of ether oxygens (including phenoxy) is 3. The van der Waals surface area contributed by atoms with E-state index in [2.05, 4.69) is 0 Å². The van der Waals surface area contributed by atoms with Gasteiger partial charge in [0.15, 0.2) is 0 Å². The van der Waals surface area contributed by atoms with Crippen molar-refractivity contribution in [3.8, 4) is 5.75 Å². The fraction of sp³-hybridized carbons (Fsp3) is 0.579. The van der Waals surface area contributed by atoms with E-state index in [1.807, 2.05) is 24.3 Å². The molecular formula is C19H28N2O5. The van der Waals surface area contributed by atoms with Crippen LogP contribution < -0.4 is 4.74 Å². The van der Waals surface area contributed by atoms with Crippen molar-refractivity contribution in [2.75, 3.05) is 33.9 Å². The number of carbonyl (C=O) groups is 2. The third-order valence-electron chi connectivity index (χ3n) is 3.97. The largest absolute Gasteiger partial charge is 0.497 e. The van der Waals surface area contributed by atoms with E-state index >= 15 is 0 Å². The molecule has 1 aromatic rings. The maximum atomic E-state index is 12.9. The van der Waals surface area contributed by atoms with Crippen LogP contribution in [0.3, 0.4) is 0 Å². The monoisotopic (exact) mass is 364 g/mol. The molecule has 0 saturated carbocycles. The van der Waals surface area contributed by atoms with E-state index < -0.39 is 17.7 Å². The molecule has 7 nitrogen and oxygen atoms in total. The maximum Gasteiger partial charge on any atom is 0.411 e. The average molecular weight is 364 g/mol. The smallest absolute Gasteiger partial charge is 0.411 e. The van der Waals surface area contributed by atoms with Gasteiger partial charge in [-0.1, -0.05) is 12.1 Å². The van der Waals surface area contributed by atoms with Gasteiger partial charge < -0.3 is 19.1 Å². The quantitative estimate of drug-likeness (QED) is 0.820. The number of benzene rings is 1. The highest BCUT2D eigenvalue weighted by Crippen LogP contribution is 2.18. The minimum absolute atomic E-state index is 0.167. The molecule has 1 atom stereocenters. The fourth-order valence-corrected chi connectivity index (χ4v) is 2.72. The number of carbonyl (C=O) groups excluding carboxylic acids is 2. The molecule has 2 rings (SSSR count). The number of hydrogen-bond acceptors (Lipinski definition) is 5. The number of rotatable bonds is 4. The van der Waals surface area contributed by atoms with E-state index in [0.717, 1.165) is 11.3 Å². The Kier molecular flexibility index (Phi) is 6.47. The van der Waals surface area contributed by atoms with E-state index in [1.54, 1.807) is 39.8 Å². The van der Waals surface area contributed by atoms with Crippen molar-refractivity contribution in [2.24, 2.45) is 0 Å². The Labute approximate surface area is 154 Å². The summed E-state index contributed by atoms with van der Waals surface area (Å²) in [5.41, 5.74) is 0.330. The predicted octanol–water partition coefficient (Wildman–Crippen LogP) is 2.29. The number of hydrogen-bond donors (Lipinski definition) is 0. The third-order valence-corrected chi connectivity index (χ3v) is 3.97. The van der Waals surface area contributed by atoms with Crippen LogP contribution in [-0.2, 0) is 20.8 Å². The molecule has 1 saturated heterocycles. The molecule has 1 aromatic carbocycles. The van der Waals surface area contributed by atoms with Crippen LogP contribution in [0.4, 0.5) is 4.79 Å². The van der Waals surface area contributed by atoms with Crippen molar-refractivity contribution in [2.45, 2.75) is 39.0 Å². The van der Waals surface area contributed by atoms with Crippen molar-refractivity contribution in [3.05, 3.63) is 29.8 Å². The summed E-state index contributed by atoms with van der Waals surface area (Å²) >= 11 is 0. The first-order valence-corrected chi connectivity index (χ1v) is 8.66. The van der Waals surface area contributed by atoms with E-state index in [0.29, 0.717) is 19.7 Å². The first kappa shape index (κ1) is 20.0. The van der Waals surface area contributed by atoms with Crippen LogP contribution in [0.15, 0.2) is 24.3 Å². The lowest BCUT2D eigenvalue weighted by atomic mass is 10.1. The van der Waals surface area contributed by atoms with Gasteiger partial charge in [-0.2, -0.15) is 0 Å². The normalized spacial score (nSPS) is 17.6. The van der Waals surface area contributed by atoms with Crippen molar-refractivity contribution in [1.29, 1.82) is 0 Å². The van der Waals surface area contributed by atoms with Gasteiger partial charge in [-0.05, 0) is 38.5 Å². The van der Waals surface area contributed by atoms with Gasteiger partial charge >= 0.3 is 6.09 Å². The second-order valence-corrected chi connectivity index (χ2v) is 7.31. The molecule has 1 aliphatic rings. The Balaban J connectivity index is 2.07. The molecule has 0 aliphatic carbocycles. The van der Waals surface area contributed by atoms with Crippen LogP contribution in [0.25, 0.3) is 0 Å². The first-order valence-electron chi connectivity index (χ1n) is 8.66. The lowest BCUT2D eigenvalue weighted by Crippen LogP contribution is -2.56. The highest BCUT2D eigenvalue weighted by molar-refractivity contribution is 5.86. The van der Waals surface area contributed by atoms with Gasteiger partial charge in [0, 0.05) is 20.1 Å². The van der Waals surface area contributed by atoms with Crippen molar-refractivity contribution >= 4 is 12.0 Å². The molecule has 1 heterocycles. The number of morpholine rings is 1. The van der Waals surface area contributed by atoms with Gasteiger partial charge in [-0.25, -0.2) is 4.79 Å². The Hall–Kier alpha value is -2.28. The molecule has 26 heavy (non-hydrogen) atoms. The summed E-state index contributed by atoms with van der Waals surface area (Å²) in [4.78, 5) is 28.4. The number of nitrogens with zero attached hydrogens (tertiary/aromatic N) is 2. The molecule has 1 aliphatic heterocycles. The average Bonchev–Trinajstić information content (AvgIpc) is 2.59. The molecule has 0 aromatic heterocycles. The van der Waals surface area contributed by atoms with Crippen molar-refractivity contribution in [3.63, 3.8) is 0 Å². The molecule has 0 N–H and O–H groups in total.